The molecule has 1 N–H and O–H groups in total. The van der Waals surface area contributed by atoms with Crippen LogP contribution in [0.25, 0.3) is 0 Å². The highest BCUT2D eigenvalue weighted by molar-refractivity contribution is 7.89. The molecule has 0 spiro atoms. The normalized spacial score (nSPS) is 18.2. The smallest absolute Gasteiger partial charge is 0.247 e. The summed E-state index contributed by atoms with van der Waals surface area (Å²) in [5.41, 5.74) is 2.19. The van der Waals surface area contributed by atoms with Crippen LogP contribution in [0, 0.1) is 13.8 Å². The fraction of sp³-hybridized carbons (Fsp3) is 0.316. The standard InChI is InChI=1S/C19H21ClN2O4S/c1-12-10-16(26-3)17(11-13(12)2)27(24,25)22-9-8-21-19(23)18(22)14-6-4-5-7-15(14)20/h4-7,10-11,18H,8-9H2,1-3H3,(H,21,23). The summed E-state index contributed by atoms with van der Waals surface area (Å²) in [4.78, 5) is 12.6. The van der Waals surface area contributed by atoms with Gasteiger partial charge in [-0.15, -0.1) is 0 Å². The molecule has 0 aromatic heterocycles. The van der Waals surface area contributed by atoms with Crippen LogP contribution in [0.5, 0.6) is 5.75 Å². The molecule has 1 amide bonds. The van der Waals surface area contributed by atoms with E-state index < -0.39 is 22.0 Å². The van der Waals surface area contributed by atoms with Crippen molar-refractivity contribution in [2.75, 3.05) is 20.2 Å². The molecule has 1 atom stereocenters. The number of benzene rings is 2. The Morgan fingerprint density at radius 3 is 2.52 bits per heavy atom. The second-order valence-electron chi connectivity index (χ2n) is 6.42. The summed E-state index contributed by atoms with van der Waals surface area (Å²) in [5, 5.41) is 3.07. The molecule has 1 fully saturated rings. The van der Waals surface area contributed by atoms with Crippen LogP contribution in [0.1, 0.15) is 22.7 Å². The average Bonchev–Trinajstić information content (AvgIpc) is 2.64. The molecule has 1 aliphatic rings. The first-order valence-corrected chi connectivity index (χ1v) is 10.3. The molecule has 2 aromatic rings. The average molecular weight is 409 g/mol. The van der Waals surface area contributed by atoms with Gasteiger partial charge in [0.15, 0.2) is 0 Å². The summed E-state index contributed by atoms with van der Waals surface area (Å²) in [7, 11) is -2.57. The predicted octanol–water partition coefficient (Wildman–Crippen LogP) is 2.83. The molecule has 0 aliphatic carbocycles. The Bertz CT molecular complexity index is 991. The SMILES string of the molecule is COc1cc(C)c(C)cc1S(=O)(=O)N1CCNC(=O)C1c1ccccc1Cl. The van der Waals surface area contributed by atoms with Crippen molar-refractivity contribution in [3.63, 3.8) is 0 Å². The lowest BCUT2D eigenvalue weighted by molar-refractivity contribution is -0.126. The number of rotatable bonds is 4. The molecular formula is C19H21ClN2O4S. The van der Waals surface area contributed by atoms with Crippen molar-refractivity contribution in [3.8, 4) is 5.75 Å². The molecule has 3 rings (SSSR count). The van der Waals surface area contributed by atoms with Crippen molar-refractivity contribution in [1.82, 2.24) is 9.62 Å². The van der Waals surface area contributed by atoms with Crippen LogP contribution in [-0.4, -0.2) is 38.8 Å². The van der Waals surface area contributed by atoms with Crippen molar-refractivity contribution in [1.29, 1.82) is 0 Å². The number of hydrogen-bond acceptors (Lipinski definition) is 4. The maximum Gasteiger partial charge on any atom is 0.247 e. The lowest BCUT2D eigenvalue weighted by atomic mass is 10.0. The first-order valence-electron chi connectivity index (χ1n) is 8.46. The molecule has 27 heavy (non-hydrogen) atoms. The zero-order valence-electron chi connectivity index (χ0n) is 15.3. The van der Waals surface area contributed by atoms with E-state index in [1.165, 1.54) is 11.4 Å². The monoisotopic (exact) mass is 408 g/mol. The first-order chi connectivity index (χ1) is 12.8. The minimum absolute atomic E-state index is 0.0415. The molecule has 1 heterocycles. The van der Waals surface area contributed by atoms with Gasteiger partial charge in [-0.05, 0) is 48.7 Å². The van der Waals surface area contributed by atoms with E-state index in [1.807, 2.05) is 13.8 Å². The van der Waals surface area contributed by atoms with Crippen molar-refractivity contribution >= 4 is 27.5 Å². The Hall–Kier alpha value is -2.09. The van der Waals surface area contributed by atoms with Crippen LogP contribution in [0.3, 0.4) is 0 Å². The Morgan fingerprint density at radius 1 is 1.19 bits per heavy atom. The molecule has 1 saturated heterocycles. The molecule has 0 saturated carbocycles. The highest BCUT2D eigenvalue weighted by atomic mass is 35.5. The van der Waals surface area contributed by atoms with Gasteiger partial charge in [0.25, 0.3) is 0 Å². The largest absolute Gasteiger partial charge is 0.495 e. The highest BCUT2D eigenvalue weighted by Crippen LogP contribution is 2.36. The number of halogens is 1. The fourth-order valence-corrected chi connectivity index (χ4v) is 5.18. The second-order valence-corrected chi connectivity index (χ2v) is 8.68. The number of carbonyl (C=O) groups is 1. The van der Waals surface area contributed by atoms with Crippen LogP contribution in [0.4, 0.5) is 0 Å². The number of aryl methyl sites for hydroxylation is 2. The minimum atomic E-state index is -4.00. The number of methoxy groups -OCH3 is 1. The molecule has 8 heteroatoms. The van der Waals surface area contributed by atoms with Gasteiger partial charge in [0, 0.05) is 18.1 Å². The van der Waals surface area contributed by atoms with Crippen LogP contribution in [-0.2, 0) is 14.8 Å². The van der Waals surface area contributed by atoms with Gasteiger partial charge in [-0.3, -0.25) is 4.79 Å². The summed E-state index contributed by atoms with van der Waals surface area (Å²) in [6.45, 7) is 4.09. The van der Waals surface area contributed by atoms with Gasteiger partial charge in [0.05, 0.1) is 7.11 Å². The number of nitrogens with one attached hydrogen (secondary N) is 1. The quantitative estimate of drug-likeness (QED) is 0.844. The number of amides is 1. The highest BCUT2D eigenvalue weighted by Gasteiger charge is 2.41. The van der Waals surface area contributed by atoms with E-state index in [2.05, 4.69) is 5.32 Å². The number of piperazine rings is 1. The third-order valence-electron chi connectivity index (χ3n) is 4.73. The number of hydrogen-bond donors (Lipinski definition) is 1. The molecule has 1 aliphatic heterocycles. The van der Waals surface area contributed by atoms with E-state index in [9.17, 15) is 13.2 Å². The summed E-state index contributed by atoms with van der Waals surface area (Å²) in [6, 6.07) is 9.00. The van der Waals surface area contributed by atoms with Crippen molar-refractivity contribution < 1.29 is 17.9 Å². The van der Waals surface area contributed by atoms with Gasteiger partial charge in [-0.25, -0.2) is 8.42 Å². The van der Waals surface area contributed by atoms with Crippen LogP contribution in [0.2, 0.25) is 5.02 Å². The van der Waals surface area contributed by atoms with Gasteiger partial charge >= 0.3 is 0 Å². The maximum atomic E-state index is 13.5. The predicted molar refractivity (Wildman–Crippen MR) is 104 cm³/mol. The zero-order chi connectivity index (χ0) is 19.8. The number of carbonyl (C=O) groups excluding carboxylic acids is 1. The second kappa shape index (κ2) is 7.50. The van der Waals surface area contributed by atoms with E-state index >= 15 is 0 Å². The topological polar surface area (TPSA) is 75.7 Å². The molecule has 0 bridgehead atoms. The third kappa shape index (κ3) is 3.54. The Balaban J connectivity index is 2.16. The molecule has 144 valence electrons. The number of nitrogens with zero attached hydrogens (tertiary/aromatic N) is 1. The summed E-state index contributed by atoms with van der Waals surface area (Å²) in [5.74, 6) is -0.150. The van der Waals surface area contributed by atoms with E-state index in [-0.39, 0.29) is 23.7 Å². The molecule has 2 aromatic carbocycles. The van der Waals surface area contributed by atoms with E-state index in [1.54, 1.807) is 36.4 Å². The van der Waals surface area contributed by atoms with Gasteiger partial charge in [0.2, 0.25) is 15.9 Å². The number of sulfonamides is 1. The van der Waals surface area contributed by atoms with Crippen molar-refractivity contribution in [2.24, 2.45) is 0 Å². The summed E-state index contributed by atoms with van der Waals surface area (Å²) >= 11 is 6.26. The van der Waals surface area contributed by atoms with Crippen molar-refractivity contribution in [3.05, 3.63) is 58.1 Å². The molecule has 0 radical (unpaired) electrons. The fourth-order valence-electron chi connectivity index (χ4n) is 3.15. The van der Waals surface area contributed by atoms with Crippen LogP contribution in [0.15, 0.2) is 41.3 Å². The third-order valence-corrected chi connectivity index (χ3v) is 6.96. The summed E-state index contributed by atoms with van der Waals surface area (Å²) < 4.78 is 33.5. The van der Waals surface area contributed by atoms with Gasteiger partial charge in [-0.2, -0.15) is 4.31 Å². The Labute approximate surface area is 164 Å². The first kappa shape index (κ1) is 19.7. The van der Waals surface area contributed by atoms with Crippen molar-refractivity contribution in [2.45, 2.75) is 24.8 Å². The number of ether oxygens (including phenoxy) is 1. The van der Waals surface area contributed by atoms with E-state index in [0.717, 1.165) is 11.1 Å². The molecule has 1 unspecified atom stereocenters. The minimum Gasteiger partial charge on any atom is -0.495 e. The van der Waals surface area contributed by atoms with Crippen LogP contribution < -0.4 is 10.1 Å². The lowest BCUT2D eigenvalue weighted by Crippen LogP contribution is -2.52. The van der Waals surface area contributed by atoms with Gasteiger partial charge < -0.3 is 10.1 Å². The zero-order valence-corrected chi connectivity index (χ0v) is 16.9. The lowest BCUT2D eigenvalue weighted by Gasteiger charge is -2.35. The van der Waals surface area contributed by atoms with Gasteiger partial charge in [-0.1, -0.05) is 29.8 Å². The molecule has 6 nitrogen and oxygen atoms in total. The van der Waals surface area contributed by atoms with E-state index in [0.29, 0.717) is 10.6 Å². The molecular weight excluding hydrogens is 388 g/mol. The van der Waals surface area contributed by atoms with Gasteiger partial charge in [0.1, 0.15) is 16.7 Å². The van der Waals surface area contributed by atoms with Crippen LogP contribution >= 0.6 is 11.6 Å². The Kier molecular flexibility index (Phi) is 5.46. The van der Waals surface area contributed by atoms with E-state index in [4.69, 9.17) is 16.3 Å². The maximum absolute atomic E-state index is 13.5. The Morgan fingerprint density at radius 2 is 1.85 bits per heavy atom. The summed E-state index contributed by atoms with van der Waals surface area (Å²) in [6.07, 6.45) is 0.